The third-order valence-electron chi connectivity index (χ3n) is 4.13. The number of hydrogen-bond acceptors (Lipinski definition) is 3. The van der Waals surface area contributed by atoms with Crippen LogP contribution in [0.2, 0.25) is 0 Å². The van der Waals surface area contributed by atoms with E-state index in [1.807, 2.05) is 6.07 Å². The number of nitrogens with zero attached hydrogens (tertiary/aromatic N) is 2. The number of likely N-dealkylation sites (N-methyl/N-ethyl adjacent to an activating group) is 1. The molecule has 0 aliphatic carbocycles. The molecule has 1 saturated heterocycles. The number of benzene rings is 1. The van der Waals surface area contributed by atoms with Crippen LogP contribution < -0.4 is 0 Å². The van der Waals surface area contributed by atoms with Crippen molar-refractivity contribution in [3.8, 4) is 0 Å². The van der Waals surface area contributed by atoms with Gasteiger partial charge in [-0.2, -0.15) is 3.89 Å². The third-order valence-corrected chi connectivity index (χ3v) is 5.02. The van der Waals surface area contributed by atoms with Gasteiger partial charge in [-0.05, 0) is 30.8 Å². The van der Waals surface area contributed by atoms with Crippen LogP contribution in [0, 0.1) is 0 Å². The summed E-state index contributed by atoms with van der Waals surface area (Å²) in [6.07, 6.45) is 0. The lowest BCUT2D eigenvalue weighted by Crippen LogP contribution is -2.43. The minimum Gasteiger partial charge on any atom is -0.357 e. The maximum absolute atomic E-state index is 12.8. The number of rotatable bonds is 4. The molecule has 114 valence electrons. The fourth-order valence-electron chi connectivity index (χ4n) is 2.86. The van der Waals surface area contributed by atoms with E-state index >= 15 is 0 Å². The smallest absolute Gasteiger partial charge is 0.0656 e. The van der Waals surface area contributed by atoms with Crippen molar-refractivity contribution in [2.45, 2.75) is 12.3 Å². The molecule has 1 N–H and O–H groups in total. The van der Waals surface area contributed by atoms with Gasteiger partial charge in [0.05, 0.1) is 17.9 Å². The van der Waals surface area contributed by atoms with Crippen molar-refractivity contribution >= 4 is 39.0 Å². The van der Waals surface area contributed by atoms with Crippen LogP contribution in [0.1, 0.15) is 11.3 Å². The summed E-state index contributed by atoms with van der Waals surface area (Å²) in [5, 5.41) is 1.20. The highest BCUT2D eigenvalue weighted by Gasteiger charge is 2.18. The predicted octanol–water partition coefficient (Wildman–Crippen LogP) is 3.80. The maximum Gasteiger partial charge on any atom is 0.0656 e. The molecule has 0 radical (unpaired) electrons. The summed E-state index contributed by atoms with van der Waals surface area (Å²) in [7, 11) is 2.16. The minimum absolute atomic E-state index is 0.381. The first-order chi connectivity index (χ1) is 10.2. The average Bonchev–Trinajstić information content (AvgIpc) is 2.79. The Hall–Kier alpha value is -0.560. The highest BCUT2D eigenvalue weighted by Crippen LogP contribution is 2.29. The standard InChI is InChI=1S/C15H19BrFN3S/c1-19-4-6-20(7-5-19)9-13-12-8-11(16)2-3-14(12)18-15(13)10-21-17/h2-3,8,18H,4-7,9-10H2,1H3. The second kappa shape index (κ2) is 6.69. The van der Waals surface area contributed by atoms with Gasteiger partial charge >= 0.3 is 0 Å². The van der Waals surface area contributed by atoms with Crippen LogP contribution >= 0.6 is 28.1 Å². The summed E-state index contributed by atoms with van der Waals surface area (Å²) in [6.45, 7) is 5.22. The van der Waals surface area contributed by atoms with E-state index in [4.69, 9.17) is 0 Å². The van der Waals surface area contributed by atoms with Crippen LogP contribution in [0.4, 0.5) is 3.89 Å². The van der Waals surface area contributed by atoms with Crippen molar-refractivity contribution in [1.29, 1.82) is 0 Å². The molecule has 1 aliphatic rings. The summed E-state index contributed by atoms with van der Waals surface area (Å²) in [6, 6.07) is 6.20. The van der Waals surface area contributed by atoms with Crippen molar-refractivity contribution in [2.75, 3.05) is 33.2 Å². The first-order valence-electron chi connectivity index (χ1n) is 7.11. The van der Waals surface area contributed by atoms with Gasteiger partial charge in [-0.3, -0.25) is 4.90 Å². The van der Waals surface area contributed by atoms with Gasteiger partial charge in [0.1, 0.15) is 0 Å². The van der Waals surface area contributed by atoms with E-state index in [1.54, 1.807) is 0 Å². The van der Waals surface area contributed by atoms with E-state index in [1.165, 1.54) is 10.9 Å². The summed E-state index contributed by atoms with van der Waals surface area (Å²) < 4.78 is 13.8. The molecule has 0 atom stereocenters. The summed E-state index contributed by atoms with van der Waals surface area (Å²) in [4.78, 5) is 8.17. The average molecular weight is 372 g/mol. The van der Waals surface area contributed by atoms with Gasteiger partial charge in [0.25, 0.3) is 0 Å². The molecule has 0 bridgehead atoms. The first kappa shape index (κ1) is 15.3. The Bertz CT molecular complexity index is 623. The topological polar surface area (TPSA) is 22.3 Å². The number of fused-ring (bicyclic) bond motifs is 1. The van der Waals surface area contributed by atoms with E-state index in [0.29, 0.717) is 17.9 Å². The normalized spacial score (nSPS) is 17.7. The number of aromatic nitrogens is 1. The lowest BCUT2D eigenvalue weighted by molar-refractivity contribution is 0.148. The molecule has 0 amide bonds. The molecule has 1 aromatic carbocycles. The zero-order chi connectivity index (χ0) is 14.8. The fourth-order valence-corrected chi connectivity index (χ4v) is 3.58. The summed E-state index contributed by atoms with van der Waals surface area (Å²) >= 11 is 3.92. The highest BCUT2D eigenvalue weighted by molar-refractivity contribution is 9.10. The van der Waals surface area contributed by atoms with Crippen molar-refractivity contribution in [2.24, 2.45) is 0 Å². The van der Waals surface area contributed by atoms with Gasteiger partial charge in [0.2, 0.25) is 0 Å². The number of halogens is 2. The second-order valence-corrected chi connectivity index (χ2v) is 7.03. The van der Waals surface area contributed by atoms with Crippen LogP contribution in [0.5, 0.6) is 0 Å². The zero-order valence-electron chi connectivity index (χ0n) is 12.0. The maximum atomic E-state index is 12.8. The second-order valence-electron chi connectivity index (χ2n) is 5.60. The van der Waals surface area contributed by atoms with Gasteiger partial charge in [0, 0.05) is 53.8 Å². The molecule has 21 heavy (non-hydrogen) atoms. The lowest BCUT2D eigenvalue weighted by atomic mass is 10.1. The Labute approximate surface area is 137 Å². The molecule has 2 aromatic rings. The van der Waals surface area contributed by atoms with Gasteiger partial charge in [-0.1, -0.05) is 15.9 Å². The Balaban J connectivity index is 1.91. The number of aromatic amines is 1. The third kappa shape index (κ3) is 3.44. The zero-order valence-corrected chi connectivity index (χ0v) is 14.4. The van der Waals surface area contributed by atoms with Crippen LogP contribution in [0.3, 0.4) is 0 Å². The van der Waals surface area contributed by atoms with Crippen LogP contribution in [0.25, 0.3) is 10.9 Å². The van der Waals surface area contributed by atoms with E-state index in [9.17, 15) is 3.89 Å². The summed E-state index contributed by atoms with van der Waals surface area (Å²) in [5.41, 5.74) is 3.34. The molecule has 0 saturated carbocycles. The predicted molar refractivity (Wildman–Crippen MR) is 91.2 cm³/mol. The minimum atomic E-state index is 0.381. The largest absolute Gasteiger partial charge is 0.357 e. The van der Waals surface area contributed by atoms with Crippen molar-refractivity contribution < 1.29 is 3.89 Å². The van der Waals surface area contributed by atoms with Crippen LogP contribution in [-0.2, 0) is 12.3 Å². The van der Waals surface area contributed by atoms with Crippen LogP contribution in [-0.4, -0.2) is 48.0 Å². The van der Waals surface area contributed by atoms with Gasteiger partial charge in [-0.25, -0.2) is 0 Å². The molecule has 6 heteroatoms. The van der Waals surface area contributed by atoms with E-state index in [2.05, 4.69) is 49.9 Å². The van der Waals surface area contributed by atoms with Crippen molar-refractivity contribution in [1.82, 2.24) is 14.8 Å². The highest BCUT2D eigenvalue weighted by atomic mass is 79.9. The van der Waals surface area contributed by atoms with E-state index < -0.39 is 0 Å². The number of piperazine rings is 1. The lowest BCUT2D eigenvalue weighted by Gasteiger charge is -2.32. The monoisotopic (exact) mass is 371 g/mol. The summed E-state index contributed by atoms with van der Waals surface area (Å²) in [5.74, 6) is 0.384. The van der Waals surface area contributed by atoms with Crippen LogP contribution in [0.15, 0.2) is 22.7 Å². The Morgan fingerprint density at radius 3 is 2.76 bits per heavy atom. The number of H-pyrrole nitrogens is 1. The van der Waals surface area contributed by atoms with Crippen molar-refractivity contribution in [3.63, 3.8) is 0 Å². The SMILES string of the molecule is CN1CCN(Cc2c(CSF)[nH]c3ccc(Br)cc23)CC1. The van der Waals surface area contributed by atoms with E-state index in [0.717, 1.165) is 48.4 Å². The Morgan fingerprint density at radius 1 is 1.29 bits per heavy atom. The first-order valence-corrected chi connectivity index (χ1v) is 8.78. The quantitative estimate of drug-likeness (QED) is 0.883. The molecular weight excluding hydrogens is 353 g/mol. The Morgan fingerprint density at radius 2 is 2.05 bits per heavy atom. The van der Waals surface area contributed by atoms with Gasteiger partial charge in [0.15, 0.2) is 0 Å². The molecular formula is C15H19BrFN3S. The van der Waals surface area contributed by atoms with E-state index in [-0.39, 0.29) is 0 Å². The Kier molecular flexibility index (Phi) is 4.88. The molecule has 1 aliphatic heterocycles. The van der Waals surface area contributed by atoms with Gasteiger partial charge < -0.3 is 9.88 Å². The number of nitrogens with one attached hydrogen (secondary N) is 1. The molecule has 2 heterocycles. The van der Waals surface area contributed by atoms with Gasteiger partial charge in [-0.15, -0.1) is 0 Å². The molecule has 3 rings (SSSR count). The molecule has 0 spiro atoms. The molecule has 1 aromatic heterocycles. The van der Waals surface area contributed by atoms with Crippen molar-refractivity contribution in [3.05, 3.63) is 33.9 Å². The molecule has 0 unspecified atom stereocenters. The molecule has 3 nitrogen and oxygen atoms in total. The fraction of sp³-hybridized carbons (Fsp3) is 0.467. The molecule has 1 fully saturated rings. The number of hydrogen-bond donors (Lipinski definition) is 1.